The highest BCUT2D eigenvalue weighted by Crippen LogP contribution is 2.29. The monoisotopic (exact) mass is 418 g/mol. The maximum atomic E-state index is 12.7. The molecular weight excluding hydrogens is 400 g/mol. The van der Waals surface area contributed by atoms with Crippen LogP contribution in [0.1, 0.15) is 23.1 Å². The lowest BCUT2D eigenvalue weighted by Crippen LogP contribution is -2.33. The van der Waals surface area contributed by atoms with Crippen LogP contribution in [-0.4, -0.2) is 16.2 Å². The van der Waals surface area contributed by atoms with Gasteiger partial charge in [0.05, 0.1) is 10.6 Å². The Balaban J connectivity index is 1.60. The summed E-state index contributed by atoms with van der Waals surface area (Å²) in [7, 11) is 0. The van der Waals surface area contributed by atoms with Gasteiger partial charge in [0.15, 0.2) is 0 Å². The molecule has 2 N–H and O–H groups in total. The Morgan fingerprint density at radius 2 is 1.63 bits per heavy atom. The molecule has 0 radical (unpaired) electrons. The summed E-state index contributed by atoms with van der Waals surface area (Å²) in [6.45, 7) is 1.99. The number of carbonyl (C=O) groups is 1. The first kappa shape index (κ1) is 19.7. The van der Waals surface area contributed by atoms with E-state index in [9.17, 15) is 4.79 Å². The van der Waals surface area contributed by atoms with Crippen LogP contribution in [-0.2, 0) is 0 Å². The van der Waals surface area contributed by atoms with Crippen molar-refractivity contribution in [2.75, 3.05) is 5.32 Å². The van der Waals surface area contributed by atoms with Gasteiger partial charge in [0.2, 0.25) is 11.8 Å². The molecule has 1 heterocycles. The molecule has 0 aliphatic rings. The third-order valence-electron chi connectivity index (χ3n) is 4.51. The molecule has 7 heteroatoms. The molecule has 4 aromatic rings. The first-order valence-corrected chi connectivity index (χ1v) is 9.75. The molecule has 0 saturated carbocycles. The Morgan fingerprint density at radius 1 is 0.933 bits per heavy atom. The van der Waals surface area contributed by atoms with E-state index in [-0.39, 0.29) is 17.8 Å². The van der Waals surface area contributed by atoms with Gasteiger partial charge < -0.3 is 15.1 Å². The van der Waals surface area contributed by atoms with Crippen LogP contribution in [0.4, 0.5) is 10.5 Å². The second kappa shape index (κ2) is 8.80. The van der Waals surface area contributed by atoms with Crippen LogP contribution in [0.15, 0.2) is 83.3 Å². The first-order chi connectivity index (χ1) is 14.6. The van der Waals surface area contributed by atoms with E-state index in [2.05, 4.69) is 20.8 Å². The predicted octanol–water partition coefficient (Wildman–Crippen LogP) is 5.61. The highest BCUT2D eigenvalue weighted by atomic mass is 35.5. The van der Waals surface area contributed by atoms with Crippen LogP contribution >= 0.6 is 11.6 Å². The lowest BCUT2D eigenvalue weighted by molar-refractivity contribution is 0.248. The summed E-state index contributed by atoms with van der Waals surface area (Å²) in [5.74, 6) is 0.549. The van der Waals surface area contributed by atoms with Crippen molar-refractivity contribution in [3.05, 3.63) is 101 Å². The van der Waals surface area contributed by atoms with Crippen molar-refractivity contribution >= 4 is 23.3 Å². The van der Waals surface area contributed by atoms with E-state index >= 15 is 0 Å². The van der Waals surface area contributed by atoms with E-state index in [0.29, 0.717) is 16.3 Å². The lowest BCUT2D eigenvalue weighted by Gasteiger charge is -2.16. The normalized spacial score (nSPS) is 11.7. The molecule has 3 aromatic carbocycles. The van der Waals surface area contributed by atoms with E-state index < -0.39 is 6.04 Å². The molecule has 2 amide bonds. The van der Waals surface area contributed by atoms with Crippen LogP contribution < -0.4 is 10.6 Å². The van der Waals surface area contributed by atoms with Crippen molar-refractivity contribution in [1.29, 1.82) is 0 Å². The number of urea groups is 1. The smallest absolute Gasteiger partial charge is 0.320 e. The second-order valence-corrected chi connectivity index (χ2v) is 7.14. The van der Waals surface area contributed by atoms with Gasteiger partial charge in [0, 0.05) is 5.69 Å². The summed E-state index contributed by atoms with van der Waals surface area (Å²) in [5.41, 5.74) is 3.24. The topological polar surface area (TPSA) is 80.0 Å². The summed E-state index contributed by atoms with van der Waals surface area (Å²) in [6.07, 6.45) is 0. The minimum atomic E-state index is -0.625. The molecule has 1 aromatic heterocycles. The number of anilines is 1. The third kappa shape index (κ3) is 4.50. The van der Waals surface area contributed by atoms with Gasteiger partial charge in [0.25, 0.3) is 0 Å². The predicted molar refractivity (Wildman–Crippen MR) is 116 cm³/mol. The molecule has 1 atom stereocenters. The van der Waals surface area contributed by atoms with Gasteiger partial charge >= 0.3 is 6.03 Å². The largest absolute Gasteiger partial charge is 0.418 e. The summed E-state index contributed by atoms with van der Waals surface area (Å²) < 4.78 is 5.88. The molecule has 0 saturated heterocycles. The fourth-order valence-electron chi connectivity index (χ4n) is 2.96. The Bertz CT molecular complexity index is 1140. The van der Waals surface area contributed by atoms with Crippen LogP contribution in [0.25, 0.3) is 11.5 Å². The van der Waals surface area contributed by atoms with Crippen LogP contribution in [0, 0.1) is 6.92 Å². The lowest BCUT2D eigenvalue weighted by atomic mass is 10.1. The number of aryl methyl sites for hydroxylation is 1. The number of carbonyl (C=O) groups excluding carboxylic acids is 1. The van der Waals surface area contributed by atoms with E-state index in [1.165, 1.54) is 0 Å². The fourth-order valence-corrected chi connectivity index (χ4v) is 3.18. The molecule has 6 nitrogen and oxygen atoms in total. The van der Waals surface area contributed by atoms with Crippen molar-refractivity contribution in [2.24, 2.45) is 0 Å². The van der Waals surface area contributed by atoms with Crippen LogP contribution in [0.2, 0.25) is 5.02 Å². The Morgan fingerprint density at radius 3 is 2.37 bits per heavy atom. The highest BCUT2D eigenvalue weighted by Gasteiger charge is 2.24. The molecule has 0 bridgehead atoms. The van der Waals surface area contributed by atoms with Gasteiger partial charge in [-0.3, -0.25) is 0 Å². The molecule has 0 aliphatic carbocycles. The maximum absolute atomic E-state index is 12.7. The number of hydrogen-bond acceptors (Lipinski definition) is 4. The number of rotatable bonds is 5. The van der Waals surface area contributed by atoms with Crippen molar-refractivity contribution in [3.8, 4) is 11.5 Å². The molecule has 30 heavy (non-hydrogen) atoms. The van der Waals surface area contributed by atoms with E-state index in [0.717, 1.165) is 11.1 Å². The zero-order chi connectivity index (χ0) is 20.9. The minimum Gasteiger partial charge on any atom is -0.418 e. The van der Waals surface area contributed by atoms with Crippen LogP contribution in [0.5, 0.6) is 0 Å². The number of hydrogen-bond donors (Lipinski definition) is 2. The number of aromatic nitrogens is 2. The van der Waals surface area contributed by atoms with Crippen molar-refractivity contribution in [3.63, 3.8) is 0 Å². The second-order valence-electron chi connectivity index (χ2n) is 6.73. The van der Waals surface area contributed by atoms with Gasteiger partial charge in [-0.2, -0.15) is 0 Å². The van der Waals surface area contributed by atoms with Gasteiger partial charge in [-0.15, -0.1) is 10.2 Å². The van der Waals surface area contributed by atoms with Crippen molar-refractivity contribution in [2.45, 2.75) is 13.0 Å². The molecule has 4 rings (SSSR count). The van der Waals surface area contributed by atoms with Crippen LogP contribution in [0.3, 0.4) is 0 Å². The third-order valence-corrected chi connectivity index (χ3v) is 4.84. The molecule has 0 aliphatic heterocycles. The average Bonchev–Trinajstić information content (AvgIpc) is 3.24. The summed E-state index contributed by atoms with van der Waals surface area (Å²) in [5, 5.41) is 14.5. The molecule has 0 fully saturated rings. The number of halogens is 1. The molecule has 0 unspecified atom stereocenters. The summed E-state index contributed by atoms with van der Waals surface area (Å²) >= 11 is 6.24. The molecule has 150 valence electrons. The van der Waals surface area contributed by atoms with Gasteiger partial charge in [0.1, 0.15) is 6.04 Å². The number of benzene rings is 3. The maximum Gasteiger partial charge on any atom is 0.320 e. The molecular formula is C23H19ClN4O2. The van der Waals surface area contributed by atoms with Gasteiger partial charge in [-0.05, 0) is 36.8 Å². The average molecular weight is 419 g/mol. The van der Waals surface area contributed by atoms with Gasteiger partial charge in [-0.25, -0.2) is 4.79 Å². The highest BCUT2D eigenvalue weighted by molar-refractivity contribution is 6.33. The Labute approximate surface area is 178 Å². The zero-order valence-corrected chi connectivity index (χ0v) is 16.9. The quantitative estimate of drug-likeness (QED) is 0.441. The van der Waals surface area contributed by atoms with E-state index in [4.69, 9.17) is 16.0 Å². The molecule has 0 spiro atoms. The summed E-state index contributed by atoms with van der Waals surface area (Å²) in [4.78, 5) is 12.7. The number of nitrogens with zero attached hydrogens (tertiary/aromatic N) is 2. The number of nitrogens with one attached hydrogen (secondary N) is 2. The van der Waals surface area contributed by atoms with Gasteiger partial charge in [-0.1, -0.05) is 71.8 Å². The van der Waals surface area contributed by atoms with E-state index in [1.807, 2.05) is 73.7 Å². The Kier molecular flexibility index (Phi) is 5.77. The zero-order valence-electron chi connectivity index (χ0n) is 16.2. The SMILES string of the molecule is Cc1ccc(NC(=O)N[C@@H](c2ccccc2)c2nnc(-c3ccccc3Cl)o2)cc1. The summed E-state index contributed by atoms with van der Waals surface area (Å²) in [6, 6.07) is 23.2. The minimum absolute atomic E-state index is 0.259. The van der Waals surface area contributed by atoms with Crippen molar-refractivity contribution < 1.29 is 9.21 Å². The van der Waals surface area contributed by atoms with Crippen molar-refractivity contribution in [1.82, 2.24) is 15.5 Å². The fraction of sp³-hybridized carbons (Fsp3) is 0.0870. The standard InChI is InChI=1S/C23H19ClN4O2/c1-15-11-13-17(14-12-15)25-23(29)26-20(16-7-3-2-4-8-16)22-28-27-21(30-22)18-9-5-6-10-19(18)24/h2-14,20H,1H3,(H2,25,26,29)/t20-/m0/s1. The van der Waals surface area contributed by atoms with E-state index in [1.54, 1.807) is 12.1 Å². The Hall–Kier alpha value is -3.64. The first-order valence-electron chi connectivity index (χ1n) is 9.37. The number of amides is 2.